The Morgan fingerprint density at radius 3 is 2.24 bits per heavy atom. The van der Waals surface area contributed by atoms with Gasteiger partial charge in [-0.15, -0.1) is 0 Å². The number of anilines is 1. The quantitative estimate of drug-likeness (QED) is 0.357. The molecule has 2 amide bonds. The van der Waals surface area contributed by atoms with Gasteiger partial charge in [0, 0.05) is 11.8 Å². The van der Waals surface area contributed by atoms with Crippen molar-refractivity contribution in [3.63, 3.8) is 0 Å². The molecule has 0 saturated heterocycles. The van der Waals surface area contributed by atoms with E-state index in [0.29, 0.717) is 12.3 Å². The second-order valence-corrected chi connectivity index (χ2v) is 7.39. The molecule has 0 aliphatic heterocycles. The second kappa shape index (κ2) is 12.6. The van der Waals surface area contributed by atoms with E-state index in [2.05, 4.69) is 15.4 Å². The van der Waals surface area contributed by atoms with Crippen molar-refractivity contribution in [2.75, 3.05) is 19.0 Å². The Bertz CT molecular complexity index is 1120. The van der Waals surface area contributed by atoms with E-state index in [1.807, 2.05) is 54.6 Å². The van der Waals surface area contributed by atoms with Crippen molar-refractivity contribution in [2.24, 2.45) is 0 Å². The first-order chi connectivity index (χ1) is 16.5. The monoisotopic (exact) mass is 458 g/mol. The highest BCUT2D eigenvalue weighted by Gasteiger charge is 2.07. The Morgan fingerprint density at radius 1 is 0.853 bits per heavy atom. The van der Waals surface area contributed by atoms with Crippen LogP contribution in [0.1, 0.15) is 16.7 Å². The lowest BCUT2D eigenvalue weighted by atomic mass is 10.1. The molecule has 7 nitrogen and oxygen atoms in total. The molecule has 0 aliphatic carbocycles. The number of nitrogens with one attached hydrogen (secondary N) is 2. The number of amides is 2. The number of rotatable bonds is 10. The van der Waals surface area contributed by atoms with Crippen LogP contribution in [0, 0.1) is 0 Å². The molecule has 3 aromatic carbocycles. The Morgan fingerprint density at radius 2 is 1.56 bits per heavy atom. The first-order valence-electron chi connectivity index (χ1n) is 10.7. The molecular weight excluding hydrogens is 432 g/mol. The van der Waals surface area contributed by atoms with Crippen LogP contribution in [-0.4, -0.2) is 31.4 Å². The lowest BCUT2D eigenvalue weighted by molar-refractivity contribution is -0.141. The largest absolute Gasteiger partial charge is 0.489 e. The molecule has 7 heteroatoms. The predicted molar refractivity (Wildman–Crippen MR) is 130 cm³/mol. The van der Waals surface area contributed by atoms with Crippen LogP contribution in [0.3, 0.4) is 0 Å². The summed E-state index contributed by atoms with van der Waals surface area (Å²) in [5, 5.41) is 5.26. The first kappa shape index (κ1) is 24.3. The van der Waals surface area contributed by atoms with E-state index in [1.165, 1.54) is 13.2 Å². The summed E-state index contributed by atoms with van der Waals surface area (Å²) in [7, 11) is 1.26. The SMILES string of the molecule is COC(=O)CNC(=O)Cc1ccc(NC(=O)/C=C/c2ccc(OCc3ccccc3)cc2)cc1. The lowest BCUT2D eigenvalue weighted by Crippen LogP contribution is -2.31. The standard InChI is InChI=1S/C27H26N2O5/c1-33-27(32)18-28-26(31)17-21-7-12-23(13-8-21)29-25(30)16-11-20-9-14-24(15-10-20)34-19-22-5-3-2-4-6-22/h2-16H,17-19H2,1H3,(H,28,31)(H,29,30)/b16-11+. The van der Waals surface area contributed by atoms with Gasteiger partial charge in [0.1, 0.15) is 18.9 Å². The summed E-state index contributed by atoms with van der Waals surface area (Å²) in [6.07, 6.45) is 3.29. The molecule has 0 bridgehead atoms. The van der Waals surface area contributed by atoms with Crippen LogP contribution >= 0.6 is 0 Å². The summed E-state index contributed by atoms with van der Waals surface area (Å²) in [5.41, 5.74) is 3.33. The average Bonchev–Trinajstić information content (AvgIpc) is 2.87. The minimum Gasteiger partial charge on any atom is -0.489 e. The van der Waals surface area contributed by atoms with E-state index in [0.717, 1.165) is 22.4 Å². The van der Waals surface area contributed by atoms with Crippen LogP contribution in [0.4, 0.5) is 5.69 Å². The molecule has 0 radical (unpaired) electrons. The van der Waals surface area contributed by atoms with Gasteiger partial charge in [0.2, 0.25) is 11.8 Å². The maximum Gasteiger partial charge on any atom is 0.325 e. The maximum absolute atomic E-state index is 12.2. The number of hydrogen-bond acceptors (Lipinski definition) is 5. The van der Waals surface area contributed by atoms with Gasteiger partial charge >= 0.3 is 5.97 Å². The van der Waals surface area contributed by atoms with Gasteiger partial charge in [0.25, 0.3) is 0 Å². The van der Waals surface area contributed by atoms with E-state index in [1.54, 1.807) is 30.3 Å². The summed E-state index contributed by atoms with van der Waals surface area (Å²) in [6, 6.07) is 24.3. The van der Waals surface area contributed by atoms with Gasteiger partial charge in [0.15, 0.2) is 0 Å². The van der Waals surface area contributed by atoms with E-state index < -0.39 is 5.97 Å². The fraction of sp³-hybridized carbons (Fsp3) is 0.148. The molecule has 0 aromatic heterocycles. The first-order valence-corrected chi connectivity index (χ1v) is 10.7. The van der Waals surface area contributed by atoms with Gasteiger partial charge in [-0.25, -0.2) is 0 Å². The summed E-state index contributed by atoms with van der Waals surface area (Å²) in [4.78, 5) is 35.1. The van der Waals surface area contributed by atoms with Crippen LogP contribution in [0.5, 0.6) is 5.75 Å². The van der Waals surface area contributed by atoms with Gasteiger partial charge < -0.3 is 20.1 Å². The topological polar surface area (TPSA) is 93.7 Å². The molecule has 34 heavy (non-hydrogen) atoms. The minimum absolute atomic E-state index is 0.121. The Kier molecular flexibility index (Phi) is 8.99. The van der Waals surface area contributed by atoms with Crippen LogP contribution < -0.4 is 15.4 Å². The number of carbonyl (C=O) groups excluding carboxylic acids is 3. The third-order valence-corrected chi connectivity index (χ3v) is 4.80. The number of methoxy groups -OCH3 is 1. The highest BCUT2D eigenvalue weighted by Crippen LogP contribution is 2.15. The highest BCUT2D eigenvalue weighted by atomic mass is 16.5. The minimum atomic E-state index is -0.508. The molecule has 174 valence electrons. The Balaban J connectivity index is 1.44. The predicted octanol–water partition coefficient (Wildman–Crippen LogP) is 3.75. The van der Waals surface area contributed by atoms with Gasteiger partial charge in [-0.05, 0) is 47.0 Å². The van der Waals surface area contributed by atoms with Crippen LogP contribution in [0.2, 0.25) is 0 Å². The Labute approximate surface area is 198 Å². The van der Waals surface area contributed by atoms with Crippen LogP contribution in [0.25, 0.3) is 6.08 Å². The molecule has 0 heterocycles. The molecule has 3 aromatic rings. The summed E-state index contributed by atoms with van der Waals surface area (Å²) in [5.74, 6) is -0.314. The van der Waals surface area contributed by atoms with Crippen molar-refractivity contribution in [3.05, 3.63) is 102 Å². The van der Waals surface area contributed by atoms with Crippen molar-refractivity contribution >= 4 is 29.5 Å². The molecule has 0 fully saturated rings. The van der Waals surface area contributed by atoms with Crippen molar-refractivity contribution in [1.82, 2.24) is 5.32 Å². The summed E-state index contributed by atoms with van der Waals surface area (Å²) in [6.45, 7) is 0.328. The number of hydrogen-bond donors (Lipinski definition) is 2. The third kappa shape index (κ3) is 8.27. The Hall–Kier alpha value is -4.39. The van der Waals surface area contributed by atoms with Crippen LogP contribution in [-0.2, 0) is 32.1 Å². The summed E-state index contributed by atoms with van der Waals surface area (Å²) < 4.78 is 10.2. The number of ether oxygens (including phenoxy) is 2. The van der Waals surface area contributed by atoms with E-state index in [9.17, 15) is 14.4 Å². The van der Waals surface area contributed by atoms with Crippen molar-refractivity contribution in [3.8, 4) is 5.75 Å². The lowest BCUT2D eigenvalue weighted by Gasteiger charge is -2.07. The number of benzene rings is 3. The van der Waals surface area contributed by atoms with Gasteiger partial charge in [-0.3, -0.25) is 14.4 Å². The van der Waals surface area contributed by atoms with Gasteiger partial charge in [0.05, 0.1) is 13.5 Å². The normalized spacial score (nSPS) is 10.5. The van der Waals surface area contributed by atoms with Gasteiger partial charge in [-0.1, -0.05) is 54.6 Å². The zero-order chi connectivity index (χ0) is 24.2. The third-order valence-electron chi connectivity index (χ3n) is 4.80. The fourth-order valence-corrected chi connectivity index (χ4v) is 2.97. The molecule has 0 saturated carbocycles. The molecule has 0 spiro atoms. The summed E-state index contributed by atoms with van der Waals surface area (Å²) >= 11 is 0. The van der Waals surface area contributed by atoms with Crippen LogP contribution in [0.15, 0.2) is 84.9 Å². The number of esters is 1. The maximum atomic E-state index is 12.2. The van der Waals surface area contributed by atoms with E-state index in [4.69, 9.17) is 4.74 Å². The smallest absolute Gasteiger partial charge is 0.325 e. The molecule has 0 unspecified atom stereocenters. The van der Waals surface area contributed by atoms with Crippen molar-refractivity contribution < 1.29 is 23.9 Å². The van der Waals surface area contributed by atoms with Gasteiger partial charge in [-0.2, -0.15) is 0 Å². The average molecular weight is 459 g/mol. The molecule has 2 N–H and O–H groups in total. The molecule has 3 rings (SSSR count). The zero-order valence-corrected chi connectivity index (χ0v) is 18.8. The van der Waals surface area contributed by atoms with E-state index in [-0.39, 0.29) is 24.8 Å². The van der Waals surface area contributed by atoms with Crippen molar-refractivity contribution in [2.45, 2.75) is 13.0 Å². The van der Waals surface area contributed by atoms with E-state index >= 15 is 0 Å². The second-order valence-electron chi connectivity index (χ2n) is 7.39. The molecule has 0 atom stereocenters. The molecular formula is C27H26N2O5. The highest BCUT2D eigenvalue weighted by molar-refractivity contribution is 6.01. The van der Waals surface area contributed by atoms with Crippen molar-refractivity contribution in [1.29, 1.82) is 0 Å². The number of carbonyl (C=O) groups is 3. The molecule has 0 aliphatic rings. The zero-order valence-electron chi connectivity index (χ0n) is 18.8. The fourth-order valence-electron chi connectivity index (χ4n) is 2.97.